The maximum atomic E-state index is 14.7. The molecule has 3 aromatic carbocycles. The Morgan fingerprint density at radius 2 is 0.722 bits per heavy atom. The molecule has 6 aromatic rings. The number of hydrogen-bond acceptors (Lipinski definition) is 18. The van der Waals surface area contributed by atoms with Gasteiger partial charge in [-0.1, -0.05) is 0 Å². The van der Waals surface area contributed by atoms with Gasteiger partial charge in [0.05, 0.1) is 71.1 Å². The number of nitrogens with zero attached hydrogens (tertiary/aromatic N) is 6. The molecule has 21 nitrogen and oxygen atoms in total. The minimum absolute atomic E-state index is 0.0446. The van der Waals surface area contributed by atoms with Gasteiger partial charge in [0.1, 0.15) is 16.7 Å². The van der Waals surface area contributed by atoms with Crippen molar-refractivity contribution in [2.45, 2.75) is 113 Å². The number of carbonyl (C=O) groups excluding carboxylic acids is 3. The van der Waals surface area contributed by atoms with Gasteiger partial charge in [0.25, 0.3) is 0 Å². The fourth-order valence-electron chi connectivity index (χ4n) is 12.1. The van der Waals surface area contributed by atoms with Crippen molar-refractivity contribution in [1.82, 2.24) is 13.7 Å². The second kappa shape index (κ2) is 20.9. The Morgan fingerprint density at radius 1 is 0.443 bits per heavy atom. The molecule has 6 aliphatic rings. The van der Waals surface area contributed by atoms with E-state index in [0.717, 1.165) is 114 Å². The van der Waals surface area contributed by atoms with E-state index in [0.29, 0.717) is 53.4 Å². The number of pyridine rings is 3. The monoisotopic (exact) mass is 1080 g/mol. The first-order chi connectivity index (χ1) is 38.2. The van der Waals surface area contributed by atoms with Gasteiger partial charge in [0.2, 0.25) is 16.3 Å². The zero-order valence-corrected chi connectivity index (χ0v) is 44.8. The Kier molecular flexibility index (Phi) is 13.8. The minimum atomic E-state index is -2.52. The molecule has 0 radical (unpaired) electrons. The van der Waals surface area contributed by atoms with Gasteiger partial charge in [0.15, 0.2) is 17.2 Å². The van der Waals surface area contributed by atoms with Crippen LogP contribution in [0.5, 0.6) is 17.2 Å². The predicted octanol–water partition coefficient (Wildman–Crippen LogP) is 5.30. The van der Waals surface area contributed by atoms with Crippen LogP contribution in [0.1, 0.15) is 126 Å². The van der Waals surface area contributed by atoms with Gasteiger partial charge < -0.3 is 73.8 Å². The van der Waals surface area contributed by atoms with E-state index >= 15 is 0 Å². The third-order valence-corrected chi connectivity index (χ3v) is 16.5. The van der Waals surface area contributed by atoms with E-state index in [-0.39, 0.29) is 52.4 Å². The largest absolute Gasteiger partial charge is 0.870 e. The summed E-state index contributed by atoms with van der Waals surface area (Å²) < 4.78 is 40.9. The van der Waals surface area contributed by atoms with E-state index in [4.69, 9.17) is 45.4 Å². The van der Waals surface area contributed by atoms with Gasteiger partial charge in [-0.05, 0) is 113 Å². The van der Waals surface area contributed by atoms with Crippen LogP contribution in [0.2, 0.25) is 0 Å². The van der Waals surface area contributed by atoms with E-state index in [1.165, 1.54) is 39.9 Å². The number of fused-ring (bicyclic) bond motifs is 3. The maximum absolute atomic E-state index is 14.7. The second-order valence-electron chi connectivity index (χ2n) is 22.1. The lowest BCUT2D eigenvalue weighted by Crippen LogP contribution is -2.43. The number of rotatable bonds is 15. The van der Waals surface area contributed by atoms with Crippen molar-refractivity contribution < 1.29 is 42.6 Å². The molecule has 12 rings (SSSR count). The second-order valence-corrected chi connectivity index (χ2v) is 22.1. The van der Waals surface area contributed by atoms with Crippen LogP contribution in [0.3, 0.4) is 0 Å². The van der Waals surface area contributed by atoms with E-state index in [2.05, 4.69) is 14.7 Å². The number of piperidine rings is 3. The molecule has 414 valence electrons. The summed E-state index contributed by atoms with van der Waals surface area (Å²) in [6.45, 7) is 3.98. The van der Waals surface area contributed by atoms with Crippen LogP contribution < -0.4 is 62.4 Å². The van der Waals surface area contributed by atoms with Crippen molar-refractivity contribution in [3.8, 4) is 17.2 Å². The van der Waals surface area contributed by atoms with Gasteiger partial charge in [-0.25, -0.2) is 14.4 Å². The minimum Gasteiger partial charge on any atom is -0.492 e. The van der Waals surface area contributed by atoms with Crippen molar-refractivity contribution >= 4 is 75.0 Å². The van der Waals surface area contributed by atoms with Gasteiger partial charge in [-0.3, -0.25) is 14.4 Å². The van der Waals surface area contributed by atoms with Crippen LogP contribution in [0.15, 0.2) is 69.4 Å². The first-order valence-corrected chi connectivity index (χ1v) is 27.7. The lowest BCUT2D eigenvalue weighted by Gasteiger charge is -2.34. The Bertz CT molecular complexity index is 3270. The lowest BCUT2D eigenvalue weighted by molar-refractivity contribution is 0.0407. The molecule has 6 N–H and O–H groups in total. The van der Waals surface area contributed by atoms with Crippen molar-refractivity contribution in [3.63, 3.8) is 0 Å². The zero-order valence-electron chi connectivity index (χ0n) is 44.8. The number of methoxy groups -OCH3 is 3. The number of anilines is 3. The number of carbonyl (C=O) groups is 3. The van der Waals surface area contributed by atoms with Crippen molar-refractivity contribution in [2.75, 3.05) is 75.3 Å². The van der Waals surface area contributed by atoms with Crippen LogP contribution in [-0.4, -0.2) is 118 Å². The maximum Gasteiger partial charge on any atom is 0.870 e. The van der Waals surface area contributed by atoms with Crippen molar-refractivity contribution in [1.29, 1.82) is 0 Å². The number of benzene rings is 3. The summed E-state index contributed by atoms with van der Waals surface area (Å²) in [5.74, 6) is -2.56. The Morgan fingerprint density at radius 3 is 0.962 bits per heavy atom. The highest BCUT2D eigenvalue weighted by atomic mass is 16.8. The molecule has 0 spiro atoms. The van der Waals surface area contributed by atoms with E-state index in [1.54, 1.807) is 36.4 Å². The number of hydrogen-bond donors (Lipinski definition) is 3. The highest BCUT2D eigenvalue weighted by Gasteiger charge is 2.42. The molecule has 0 amide bonds. The van der Waals surface area contributed by atoms with Crippen molar-refractivity contribution in [3.05, 3.63) is 102 Å². The van der Waals surface area contributed by atoms with Crippen LogP contribution in [0.4, 0.5) is 17.1 Å². The predicted molar refractivity (Wildman–Crippen MR) is 299 cm³/mol. The number of ether oxygens (including phenoxy) is 3. The molecule has 3 aliphatic carbocycles. The number of aromatic nitrogens is 3. The zero-order chi connectivity index (χ0) is 55.0. The first kappa shape index (κ1) is 52.2. The van der Waals surface area contributed by atoms with E-state index < -0.39 is 58.2 Å². The molecule has 3 aromatic heterocycles. The summed E-state index contributed by atoms with van der Waals surface area (Å²) in [7, 11) is 2.07. The average Bonchev–Trinajstić information content (AvgIpc) is 4.41. The van der Waals surface area contributed by atoms with Gasteiger partial charge in [-0.15, -0.1) is 0 Å². The molecule has 3 atom stereocenters. The van der Waals surface area contributed by atoms with Crippen LogP contribution >= 0.6 is 0 Å². The Labute approximate surface area is 455 Å². The highest BCUT2D eigenvalue weighted by molar-refractivity contribution is 6.45. The molecule has 6 fully saturated rings. The third kappa shape index (κ3) is 9.70. The topological polar surface area (TPSA) is 260 Å². The average molecular weight is 1080 g/mol. The molecule has 3 saturated carbocycles. The van der Waals surface area contributed by atoms with Crippen LogP contribution in [0.25, 0.3) is 32.7 Å². The van der Waals surface area contributed by atoms with Crippen LogP contribution in [-0.2, 0) is 14.0 Å². The normalized spacial score (nSPS) is 20.6. The molecular formula is C57H66BN9O12. The molecular weight excluding hydrogens is 1010 g/mol. The molecule has 0 bridgehead atoms. The number of nitrogens with two attached hydrogens (primary N) is 3. The smallest absolute Gasteiger partial charge is 0.492 e. The lowest BCUT2D eigenvalue weighted by atomic mass is 10.0. The summed E-state index contributed by atoms with van der Waals surface area (Å²) in [6.07, 6.45) is 13.9. The SMILES string of the molecule is COc1c(N2CCCC(N)C2)ccc2c(=O)c(C(=O)OB(OC(=O)c3cn(C4CC4)c4c(OC)c(N5CCCC(N)C5)ccc4c3=O)OC(=O)c3cn(C4CC4)c4c(OC)c(N5CCCC(N)C5)ccc4c3=O)cn(C3CC3)c12. The third-order valence-electron chi connectivity index (χ3n) is 16.5. The standard InChI is InChI=1S/C57H66BN9O12/c1-74-52-43(62-22-4-7-31(59)25-62)19-16-37-46(52)65(34-10-11-34)28-40(49(37)68)55(71)77-58(78-56(72)41-29-66(35-12-13-35)47-38(50(41)69)17-20-44(53(47)75-2)63-23-5-8-32(60)26-63)79-57(73)42-30-67(36-14-15-36)48-39(51(42)70)18-21-45(54(48)76-3)64-24-6-9-33(61)27-64/h16-21,28-36H,4-15,22-27,59-61H2,1-3H3. The summed E-state index contributed by atoms with van der Waals surface area (Å²) >= 11 is 0. The summed E-state index contributed by atoms with van der Waals surface area (Å²) in [4.78, 5) is 94.4. The summed E-state index contributed by atoms with van der Waals surface area (Å²) in [5.41, 5.74) is 19.3. The molecule has 22 heteroatoms. The molecule has 6 heterocycles. The van der Waals surface area contributed by atoms with Gasteiger partial charge >= 0.3 is 25.2 Å². The van der Waals surface area contributed by atoms with Crippen molar-refractivity contribution in [2.24, 2.45) is 17.2 Å². The fraction of sp³-hybridized carbons (Fsp3) is 0.474. The van der Waals surface area contributed by atoms with E-state index in [9.17, 15) is 28.8 Å². The molecule has 3 aliphatic heterocycles. The van der Waals surface area contributed by atoms with E-state index in [1.807, 2.05) is 13.7 Å². The van der Waals surface area contributed by atoms with Crippen LogP contribution in [0, 0.1) is 0 Å². The highest BCUT2D eigenvalue weighted by Crippen LogP contribution is 2.46. The van der Waals surface area contributed by atoms with Gasteiger partial charge in [-0.2, -0.15) is 0 Å². The van der Waals surface area contributed by atoms with Gasteiger partial charge in [0, 0.05) is 94.1 Å². The summed E-state index contributed by atoms with van der Waals surface area (Å²) in [6, 6.07) is 9.79. The molecule has 79 heavy (non-hydrogen) atoms. The quantitative estimate of drug-likeness (QED) is 0.110. The Hall–Kier alpha value is -7.56. The molecule has 3 unspecified atom stereocenters. The fourth-order valence-corrected chi connectivity index (χ4v) is 12.1. The first-order valence-electron chi connectivity index (χ1n) is 27.7. The Balaban J connectivity index is 0.935. The molecule has 3 saturated heterocycles. The summed E-state index contributed by atoms with van der Waals surface area (Å²) in [5, 5.41) is 0.474.